The van der Waals surface area contributed by atoms with Crippen LogP contribution in [0.2, 0.25) is 0 Å². The highest BCUT2D eigenvalue weighted by Gasteiger charge is 2.17. The van der Waals surface area contributed by atoms with E-state index in [-0.39, 0.29) is 12.1 Å². The molecule has 1 aromatic carbocycles. The lowest BCUT2D eigenvalue weighted by Crippen LogP contribution is -2.31. The van der Waals surface area contributed by atoms with Crippen LogP contribution in [0.4, 0.5) is 14.6 Å². The molecule has 0 atom stereocenters. The van der Waals surface area contributed by atoms with Crippen molar-refractivity contribution in [1.82, 2.24) is 14.7 Å². The maximum atomic E-state index is 13.6. The van der Waals surface area contributed by atoms with E-state index in [4.69, 9.17) is 0 Å². The van der Waals surface area contributed by atoms with Crippen molar-refractivity contribution in [1.29, 1.82) is 0 Å². The van der Waals surface area contributed by atoms with Crippen molar-refractivity contribution in [3.63, 3.8) is 0 Å². The lowest BCUT2D eigenvalue weighted by Gasteiger charge is -2.27. The molecule has 0 radical (unpaired) electrons. The summed E-state index contributed by atoms with van der Waals surface area (Å²) in [5.41, 5.74) is -0.222. The largest absolute Gasteiger partial charge is 0.357 e. The van der Waals surface area contributed by atoms with Gasteiger partial charge in [-0.25, -0.2) is 31.9 Å². The van der Waals surface area contributed by atoms with E-state index < -0.39 is 27.4 Å². The number of piperidine rings is 1. The number of hydrogen-bond donors (Lipinski definition) is 1. The molecule has 1 N–H and O–H groups in total. The van der Waals surface area contributed by atoms with Crippen molar-refractivity contribution in [3.8, 4) is 0 Å². The van der Waals surface area contributed by atoms with Gasteiger partial charge in [0.25, 0.3) is 0 Å². The topological polar surface area (TPSA) is 75.2 Å². The van der Waals surface area contributed by atoms with Gasteiger partial charge < -0.3 is 4.90 Å². The van der Waals surface area contributed by atoms with E-state index in [2.05, 4.69) is 19.6 Å². The number of nitrogens with zero attached hydrogens (tertiary/aromatic N) is 3. The number of anilines is 1. The Morgan fingerprint density at radius 3 is 2.65 bits per heavy atom. The maximum Gasteiger partial charge on any atom is 0.216 e. The van der Waals surface area contributed by atoms with Crippen molar-refractivity contribution >= 4 is 15.8 Å². The van der Waals surface area contributed by atoms with Crippen LogP contribution in [-0.2, 0) is 22.3 Å². The highest BCUT2D eigenvalue weighted by molar-refractivity contribution is 7.88. The van der Waals surface area contributed by atoms with Gasteiger partial charge in [0.2, 0.25) is 10.0 Å². The molecule has 0 aliphatic carbocycles. The van der Waals surface area contributed by atoms with Crippen LogP contribution >= 0.6 is 0 Å². The summed E-state index contributed by atoms with van der Waals surface area (Å²) < 4.78 is 53.5. The molecule has 1 aliphatic rings. The van der Waals surface area contributed by atoms with Gasteiger partial charge in [-0.05, 0) is 43.5 Å². The van der Waals surface area contributed by atoms with Gasteiger partial charge in [-0.15, -0.1) is 0 Å². The summed E-state index contributed by atoms with van der Waals surface area (Å²) in [6.45, 7) is 1.73. The highest BCUT2D eigenvalue weighted by Crippen LogP contribution is 2.17. The molecule has 0 unspecified atom stereocenters. The third-order valence-electron chi connectivity index (χ3n) is 4.17. The SMILES string of the molecule is O=S(=O)(Cc1cc(F)ccc1F)NCc1nccc(N2CCCCC2)n1. The molecule has 2 aromatic rings. The van der Waals surface area contributed by atoms with Gasteiger partial charge in [-0.2, -0.15) is 0 Å². The second-order valence-electron chi connectivity index (χ2n) is 6.19. The Labute approximate surface area is 151 Å². The van der Waals surface area contributed by atoms with Crippen LogP contribution in [0.5, 0.6) is 0 Å². The minimum atomic E-state index is -3.86. The number of sulfonamides is 1. The summed E-state index contributed by atoms with van der Waals surface area (Å²) in [5, 5.41) is 0. The fourth-order valence-corrected chi connectivity index (χ4v) is 3.94. The summed E-state index contributed by atoms with van der Waals surface area (Å²) in [4.78, 5) is 10.6. The van der Waals surface area contributed by atoms with E-state index >= 15 is 0 Å². The third kappa shape index (κ3) is 4.95. The predicted octanol–water partition coefficient (Wildman–Crippen LogP) is 2.36. The Balaban J connectivity index is 1.65. The first-order valence-electron chi connectivity index (χ1n) is 8.41. The molecular weight excluding hydrogens is 362 g/mol. The fourth-order valence-electron chi connectivity index (χ4n) is 2.86. The molecule has 0 bridgehead atoms. The van der Waals surface area contributed by atoms with E-state index in [1.165, 1.54) is 6.42 Å². The van der Waals surface area contributed by atoms with Gasteiger partial charge in [-0.3, -0.25) is 0 Å². The first-order chi connectivity index (χ1) is 12.4. The molecule has 1 aromatic heterocycles. The smallest absolute Gasteiger partial charge is 0.216 e. The van der Waals surface area contributed by atoms with E-state index in [0.29, 0.717) is 5.82 Å². The Bertz CT molecular complexity index is 871. The molecule has 1 fully saturated rings. The molecule has 140 valence electrons. The normalized spacial score (nSPS) is 15.2. The zero-order chi connectivity index (χ0) is 18.6. The van der Waals surface area contributed by atoms with Crippen LogP contribution < -0.4 is 9.62 Å². The molecule has 2 heterocycles. The van der Waals surface area contributed by atoms with Gasteiger partial charge >= 0.3 is 0 Å². The number of hydrogen-bond acceptors (Lipinski definition) is 5. The number of halogens is 2. The summed E-state index contributed by atoms with van der Waals surface area (Å²) >= 11 is 0. The van der Waals surface area contributed by atoms with Crippen LogP contribution in [0.3, 0.4) is 0 Å². The van der Waals surface area contributed by atoms with Crippen molar-refractivity contribution in [2.24, 2.45) is 0 Å². The fraction of sp³-hybridized carbons (Fsp3) is 0.412. The maximum absolute atomic E-state index is 13.6. The Hall–Kier alpha value is -2.13. The average molecular weight is 382 g/mol. The standard InChI is InChI=1S/C17H20F2N4O2S/c18-14-4-5-15(19)13(10-14)12-26(24,25)21-11-16-20-7-6-17(22-16)23-8-2-1-3-9-23/h4-7,10,21H,1-3,8-9,11-12H2. The Morgan fingerprint density at radius 1 is 1.12 bits per heavy atom. The first-order valence-corrected chi connectivity index (χ1v) is 10.1. The monoisotopic (exact) mass is 382 g/mol. The van der Waals surface area contributed by atoms with Crippen molar-refractivity contribution < 1.29 is 17.2 Å². The van der Waals surface area contributed by atoms with Crippen molar-refractivity contribution in [3.05, 3.63) is 53.5 Å². The van der Waals surface area contributed by atoms with Crippen LogP contribution in [-0.4, -0.2) is 31.5 Å². The zero-order valence-electron chi connectivity index (χ0n) is 14.2. The highest BCUT2D eigenvalue weighted by atomic mass is 32.2. The van der Waals surface area contributed by atoms with Crippen LogP contribution in [0.15, 0.2) is 30.5 Å². The number of benzene rings is 1. The second kappa shape index (κ2) is 8.05. The Kier molecular flexibility index (Phi) is 5.77. The summed E-state index contributed by atoms with van der Waals surface area (Å²) in [6.07, 6.45) is 4.99. The lowest BCUT2D eigenvalue weighted by atomic mass is 10.1. The van der Waals surface area contributed by atoms with E-state index in [1.54, 1.807) is 12.3 Å². The average Bonchev–Trinajstić information content (AvgIpc) is 2.64. The summed E-state index contributed by atoms with van der Waals surface area (Å²) in [5.74, 6) is -1.00. The molecule has 0 spiro atoms. The summed E-state index contributed by atoms with van der Waals surface area (Å²) in [6, 6.07) is 4.53. The minimum Gasteiger partial charge on any atom is -0.357 e. The van der Waals surface area contributed by atoms with E-state index in [0.717, 1.165) is 49.9 Å². The first kappa shape index (κ1) is 18.7. The minimum absolute atomic E-state index is 0.110. The molecule has 1 saturated heterocycles. The van der Waals surface area contributed by atoms with Gasteiger partial charge in [0.05, 0.1) is 12.3 Å². The number of rotatable bonds is 6. The van der Waals surface area contributed by atoms with Gasteiger partial charge in [0.1, 0.15) is 23.3 Å². The van der Waals surface area contributed by atoms with Crippen LogP contribution in [0.1, 0.15) is 30.7 Å². The number of nitrogens with one attached hydrogen (secondary N) is 1. The lowest BCUT2D eigenvalue weighted by molar-refractivity contribution is 0.565. The van der Waals surface area contributed by atoms with Gasteiger partial charge in [0, 0.05) is 24.8 Å². The van der Waals surface area contributed by atoms with E-state index in [9.17, 15) is 17.2 Å². The third-order valence-corrected chi connectivity index (χ3v) is 5.45. The van der Waals surface area contributed by atoms with Gasteiger partial charge in [-0.1, -0.05) is 0 Å². The molecule has 0 saturated carbocycles. The van der Waals surface area contributed by atoms with Crippen LogP contribution in [0, 0.1) is 11.6 Å². The molecule has 3 rings (SSSR count). The van der Waals surface area contributed by atoms with Crippen LogP contribution in [0.25, 0.3) is 0 Å². The van der Waals surface area contributed by atoms with Crippen molar-refractivity contribution in [2.75, 3.05) is 18.0 Å². The molecule has 1 aliphatic heterocycles. The predicted molar refractivity (Wildman–Crippen MR) is 93.9 cm³/mol. The molecule has 26 heavy (non-hydrogen) atoms. The Morgan fingerprint density at radius 2 is 1.88 bits per heavy atom. The molecule has 6 nitrogen and oxygen atoms in total. The molecular formula is C17H20F2N4O2S. The zero-order valence-corrected chi connectivity index (χ0v) is 15.0. The van der Waals surface area contributed by atoms with Crippen molar-refractivity contribution in [2.45, 2.75) is 31.6 Å². The molecule has 0 amide bonds. The molecule has 9 heteroatoms. The summed E-state index contributed by atoms with van der Waals surface area (Å²) in [7, 11) is -3.86. The van der Waals surface area contributed by atoms with E-state index in [1.807, 2.05) is 0 Å². The van der Waals surface area contributed by atoms with Gasteiger partial charge in [0.15, 0.2) is 0 Å². The second-order valence-corrected chi connectivity index (χ2v) is 8.00. The quantitative estimate of drug-likeness (QED) is 0.830. The number of aromatic nitrogens is 2.